The highest BCUT2D eigenvalue weighted by Crippen LogP contribution is 2.17. The van der Waals surface area contributed by atoms with E-state index in [1.54, 1.807) is 16.2 Å². The van der Waals surface area contributed by atoms with Crippen molar-refractivity contribution in [3.8, 4) is 0 Å². The highest BCUT2D eigenvalue weighted by atomic mass is 32.1. The summed E-state index contributed by atoms with van der Waals surface area (Å²) in [7, 11) is 0. The fourth-order valence-corrected chi connectivity index (χ4v) is 3.97. The molecule has 0 fully saturated rings. The number of unbranched alkanes of at least 4 members (excludes halogenated alkanes) is 2. The van der Waals surface area contributed by atoms with Gasteiger partial charge in [-0.05, 0) is 36.8 Å². The summed E-state index contributed by atoms with van der Waals surface area (Å²) >= 11 is 1.65. The second-order valence-corrected chi connectivity index (χ2v) is 8.58. The van der Waals surface area contributed by atoms with Crippen molar-refractivity contribution in [2.24, 2.45) is 0 Å². The Bertz CT molecular complexity index is 731. The van der Waals surface area contributed by atoms with E-state index in [9.17, 15) is 9.59 Å². The Morgan fingerprint density at radius 2 is 1.72 bits per heavy atom. The predicted molar refractivity (Wildman–Crippen MR) is 121 cm³/mol. The highest BCUT2D eigenvalue weighted by molar-refractivity contribution is 7.09. The number of nitrogens with zero attached hydrogens (tertiary/aromatic N) is 2. The van der Waals surface area contributed by atoms with E-state index in [2.05, 4.69) is 19.9 Å². The molecule has 2 amide bonds. The summed E-state index contributed by atoms with van der Waals surface area (Å²) in [5, 5.41) is 2.03. The minimum atomic E-state index is 0.00592. The van der Waals surface area contributed by atoms with E-state index in [-0.39, 0.29) is 24.4 Å². The van der Waals surface area contributed by atoms with Gasteiger partial charge in [-0.3, -0.25) is 9.59 Å². The van der Waals surface area contributed by atoms with E-state index in [1.807, 2.05) is 53.6 Å². The Morgan fingerprint density at radius 1 is 0.966 bits per heavy atom. The fourth-order valence-electron chi connectivity index (χ4n) is 3.25. The third-order valence-corrected chi connectivity index (χ3v) is 6.10. The predicted octanol–water partition coefficient (Wildman–Crippen LogP) is 5.48. The lowest BCUT2D eigenvalue weighted by Crippen LogP contribution is -2.46. The van der Waals surface area contributed by atoms with Crippen molar-refractivity contribution in [2.45, 2.75) is 72.0 Å². The molecular weight excluding hydrogens is 380 g/mol. The SMILES string of the molecule is CCCCCC(=O)N(CC(=O)N(Cc1ccccc1)Cc1cccs1)C(C)CC. The topological polar surface area (TPSA) is 40.6 Å². The van der Waals surface area contributed by atoms with Crippen molar-refractivity contribution in [3.63, 3.8) is 0 Å². The molecule has 0 radical (unpaired) electrons. The molecule has 2 rings (SSSR count). The zero-order valence-electron chi connectivity index (χ0n) is 18.0. The second kappa shape index (κ2) is 12.4. The van der Waals surface area contributed by atoms with Crippen LogP contribution in [-0.4, -0.2) is 34.2 Å². The van der Waals surface area contributed by atoms with Gasteiger partial charge in [0.2, 0.25) is 11.8 Å². The molecule has 1 aromatic heterocycles. The molecule has 0 N–H and O–H groups in total. The molecule has 1 heterocycles. The first-order chi connectivity index (χ1) is 14.0. The molecule has 0 aliphatic heterocycles. The van der Waals surface area contributed by atoms with Gasteiger partial charge in [0, 0.05) is 23.9 Å². The lowest BCUT2D eigenvalue weighted by molar-refractivity contribution is -0.143. The van der Waals surface area contributed by atoms with Crippen molar-refractivity contribution in [1.82, 2.24) is 9.80 Å². The van der Waals surface area contributed by atoms with E-state index >= 15 is 0 Å². The van der Waals surface area contributed by atoms with Crippen LogP contribution in [0.1, 0.15) is 63.3 Å². The van der Waals surface area contributed by atoms with Gasteiger partial charge < -0.3 is 9.80 Å². The minimum Gasteiger partial charge on any atom is -0.332 e. The van der Waals surface area contributed by atoms with Crippen LogP contribution < -0.4 is 0 Å². The standard InChI is InChI=1S/C24H34N2O2S/c1-4-6-8-15-23(27)26(20(3)5-2)19-24(28)25(18-22-14-11-16-29-22)17-21-12-9-7-10-13-21/h7,9-14,16,20H,4-6,8,15,17-19H2,1-3H3. The first kappa shape index (κ1) is 23.1. The van der Waals surface area contributed by atoms with Crippen LogP contribution in [0.25, 0.3) is 0 Å². The molecule has 1 atom stereocenters. The summed E-state index contributed by atoms with van der Waals surface area (Å²) in [4.78, 5) is 30.9. The molecule has 0 aliphatic rings. The number of carbonyl (C=O) groups excluding carboxylic acids is 2. The summed E-state index contributed by atoms with van der Waals surface area (Å²) < 4.78 is 0. The third kappa shape index (κ3) is 7.65. The summed E-state index contributed by atoms with van der Waals surface area (Å²) in [5.41, 5.74) is 1.10. The zero-order valence-corrected chi connectivity index (χ0v) is 18.8. The minimum absolute atomic E-state index is 0.00592. The van der Waals surface area contributed by atoms with Crippen molar-refractivity contribution in [2.75, 3.05) is 6.54 Å². The maximum atomic E-state index is 13.3. The summed E-state index contributed by atoms with van der Waals surface area (Å²) in [5.74, 6) is 0.100. The quantitative estimate of drug-likeness (QED) is 0.431. The molecule has 4 nitrogen and oxygen atoms in total. The Labute approximate surface area is 179 Å². The van der Waals surface area contributed by atoms with Crippen LogP contribution in [0, 0.1) is 0 Å². The largest absolute Gasteiger partial charge is 0.332 e. The first-order valence-electron chi connectivity index (χ1n) is 10.7. The van der Waals surface area contributed by atoms with Crippen LogP contribution >= 0.6 is 11.3 Å². The molecular formula is C24H34N2O2S. The van der Waals surface area contributed by atoms with Crippen molar-refractivity contribution < 1.29 is 9.59 Å². The number of benzene rings is 1. The van der Waals surface area contributed by atoms with Gasteiger partial charge in [-0.1, -0.05) is 63.1 Å². The van der Waals surface area contributed by atoms with Gasteiger partial charge in [0.05, 0.1) is 6.54 Å². The van der Waals surface area contributed by atoms with Crippen molar-refractivity contribution in [1.29, 1.82) is 0 Å². The number of thiophene rings is 1. The lowest BCUT2D eigenvalue weighted by Gasteiger charge is -2.31. The molecule has 0 bridgehead atoms. The first-order valence-corrected chi connectivity index (χ1v) is 11.6. The number of carbonyl (C=O) groups is 2. The molecule has 0 saturated heterocycles. The maximum Gasteiger partial charge on any atom is 0.242 e. The molecule has 0 saturated carbocycles. The molecule has 29 heavy (non-hydrogen) atoms. The van der Waals surface area contributed by atoms with E-state index in [1.165, 1.54) is 0 Å². The average Bonchev–Trinajstić information content (AvgIpc) is 3.24. The Kier molecular flexibility index (Phi) is 9.92. The van der Waals surface area contributed by atoms with Crippen molar-refractivity contribution >= 4 is 23.2 Å². The van der Waals surface area contributed by atoms with E-state index in [0.29, 0.717) is 19.5 Å². The number of hydrogen-bond acceptors (Lipinski definition) is 3. The van der Waals surface area contributed by atoms with Gasteiger partial charge in [-0.25, -0.2) is 0 Å². The molecule has 158 valence electrons. The number of amides is 2. The molecule has 1 unspecified atom stereocenters. The van der Waals surface area contributed by atoms with Crippen LogP contribution in [0.4, 0.5) is 0 Å². The van der Waals surface area contributed by atoms with E-state index in [0.717, 1.165) is 36.1 Å². The molecule has 0 spiro atoms. The Balaban J connectivity index is 2.12. The van der Waals surface area contributed by atoms with Gasteiger partial charge in [-0.2, -0.15) is 0 Å². The fraction of sp³-hybridized carbons (Fsp3) is 0.500. The van der Waals surface area contributed by atoms with Gasteiger partial charge in [-0.15, -0.1) is 11.3 Å². The van der Waals surface area contributed by atoms with Crippen molar-refractivity contribution in [3.05, 3.63) is 58.3 Å². The van der Waals surface area contributed by atoms with E-state index in [4.69, 9.17) is 0 Å². The molecule has 2 aromatic rings. The summed E-state index contributed by atoms with van der Waals surface area (Å²) in [6.45, 7) is 7.50. The lowest BCUT2D eigenvalue weighted by atomic mass is 10.1. The normalized spacial score (nSPS) is 11.8. The Hall–Kier alpha value is -2.14. The third-order valence-electron chi connectivity index (χ3n) is 5.24. The van der Waals surface area contributed by atoms with E-state index < -0.39 is 0 Å². The highest BCUT2D eigenvalue weighted by Gasteiger charge is 2.24. The van der Waals surface area contributed by atoms with Gasteiger partial charge in [0.25, 0.3) is 0 Å². The second-order valence-electron chi connectivity index (χ2n) is 7.55. The monoisotopic (exact) mass is 414 g/mol. The molecule has 1 aromatic carbocycles. The summed E-state index contributed by atoms with van der Waals surface area (Å²) in [6, 6.07) is 14.2. The van der Waals surface area contributed by atoms with Gasteiger partial charge in [0.15, 0.2) is 0 Å². The van der Waals surface area contributed by atoms with Gasteiger partial charge >= 0.3 is 0 Å². The number of hydrogen-bond donors (Lipinski definition) is 0. The summed E-state index contributed by atoms with van der Waals surface area (Å²) in [6.07, 6.45) is 4.39. The molecule has 0 aliphatic carbocycles. The smallest absolute Gasteiger partial charge is 0.242 e. The molecule has 5 heteroatoms. The maximum absolute atomic E-state index is 13.3. The van der Waals surface area contributed by atoms with Gasteiger partial charge in [0.1, 0.15) is 6.54 Å². The van der Waals surface area contributed by atoms with Crippen LogP contribution in [0.5, 0.6) is 0 Å². The van der Waals surface area contributed by atoms with Crippen LogP contribution in [0.3, 0.4) is 0 Å². The average molecular weight is 415 g/mol. The Morgan fingerprint density at radius 3 is 2.34 bits per heavy atom. The number of rotatable bonds is 12. The van der Waals surface area contributed by atoms with Crippen LogP contribution in [-0.2, 0) is 22.7 Å². The zero-order chi connectivity index (χ0) is 21.1. The van der Waals surface area contributed by atoms with Crippen LogP contribution in [0.15, 0.2) is 47.8 Å². The van der Waals surface area contributed by atoms with Crippen LogP contribution in [0.2, 0.25) is 0 Å².